The summed E-state index contributed by atoms with van der Waals surface area (Å²) in [5.41, 5.74) is 0.834. The van der Waals surface area contributed by atoms with Gasteiger partial charge in [0.2, 0.25) is 11.8 Å². The highest BCUT2D eigenvalue weighted by Crippen LogP contribution is 2.45. The van der Waals surface area contributed by atoms with Gasteiger partial charge in [0.25, 0.3) is 0 Å². The van der Waals surface area contributed by atoms with Gasteiger partial charge >= 0.3 is 12.1 Å². The number of nitrogens with zero attached hydrogens (tertiary/aromatic N) is 3. The van der Waals surface area contributed by atoms with Gasteiger partial charge in [0.15, 0.2) is 5.13 Å². The summed E-state index contributed by atoms with van der Waals surface area (Å²) >= 11 is 1.54. The molecular weight excluding hydrogens is 733 g/mol. The van der Waals surface area contributed by atoms with Crippen molar-refractivity contribution in [2.45, 2.75) is 134 Å². The average Bonchev–Trinajstić information content (AvgIpc) is 3.57. The lowest BCUT2D eigenvalue weighted by Crippen LogP contribution is -2.59. The predicted octanol–water partition coefficient (Wildman–Crippen LogP) is 6.99. The van der Waals surface area contributed by atoms with E-state index in [4.69, 9.17) is 19.4 Å². The Hall–Kier alpha value is -4.72. The first-order chi connectivity index (χ1) is 26.7. The highest BCUT2D eigenvalue weighted by Gasteiger charge is 2.61. The molecule has 0 spiro atoms. The number of hydrogen-bond acceptors (Lipinski definition) is 10. The van der Waals surface area contributed by atoms with Gasteiger partial charge in [-0.25, -0.2) is 19.6 Å². The third-order valence-corrected chi connectivity index (χ3v) is 12.5. The van der Waals surface area contributed by atoms with Crippen molar-refractivity contribution < 1.29 is 33.8 Å². The summed E-state index contributed by atoms with van der Waals surface area (Å²) in [5.74, 6) is -2.16. The summed E-state index contributed by atoms with van der Waals surface area (Å²) in [6.45, 7) is 11.3. The molecule has 3 aromatic rings. The first-order valence-corrected chi connectivity index (χ1v) is 20.9. The van der Waals surface area contributed by atoms with Crippen molar-refractivity contribution in [3.05, 3.63) is 47.9 Å². The number of carboxylic acid groups (broad SMARTS) is 1. The molecule has 3 heterocycles. The van der Waals surface area contributed by atoms with E-state index in [2.05, 4.69) is 22.5 Å². The lowest BCUT2D eigenvalue weighted by molar-refractivity contribution is -0.146. The van der Waals surface area contributed by atoms with E-state index in [0.29, 0.717) is 23.2 Å². The summed E-state index contributed by atoms with van der Waals surface area (Å²) in [4.78, 5) is 65.7. The second-order valence-electron chi connectivity index (χ2n) is 17.1. The Balaban J connectivity index is 1.17. The van der Waals surface area contributed by atoms with E-state index in [0.717, 1.165) is 66.5 Å². The van der Waals surface area contributed by atoms with E-state index in [-0.39, 0.29) is 25.5 Å². The Labute approximate surface area is 332 Å². The zero-order chi connectivity index (χ0) is 39.8. The summed E-state index contributed by atoms with van der Waals surface area (Å²) in [7, 11) is 0. The van der Waals surface area contributed by atoms with Crippen LogP contribution in [-0.4, -0.2) is 86.3 Å². The number of ether oxygens (including phenoxy) is 2. The number of aryl methyl sites for hydroxylation is 1. The molecule has 1 aromatic carbocycles. The molecule has 0 bridgehead atoms. The van der Waals surface area contributed by atoms with Gasteiger partial charge in [-0.2, -0.15) is 0 Å². The van der Waals surface area contributed by atoms with Crippen molar-refractivity contribution in [1.29, 1.82) is 0 Å². The topological polar surface area (TPSA) is 172 Å². The van der Waals surface area contributed by atoms with Crippen LogP contribution in [0, 0.1) is 18.3 Å². The van der Waals surface area contributed by atoms with Gasteiger partial charge in [-0.3, -0.25) is 9.59 Å². The van der Waals surface area contributed by atoms with E-state index in [9.17, 15) is 24.3 Å². The molecular formula is C42H54N6O7S. The van der Waals surface area contributed by atoms with Crippen LogP contribution < -0.4 is 20.7 Å². The van der Waals surface area contributed by atoms with E-state index in [1.807, 2.05) is 57.3 Å². The Kier molecular flexibility index (Phi) is 11.3. The maximum absolute atomic E-state index is 14.6. The standard InChI is InChI=1S/C42H54N6O7S/c1-6-25-21-42(25,38(51)52)47-36(49)33-19-28(22-48(33)37(50)35(41(3,4)5)46-40(53)55-27-14-8-7-9-15-27)54-34-20-31(44-30-18-24(2)16-17-29(30)34)32-23-56-39(45-32)43-26-12-10-11-13-26/h6,16-18,20,23,25-28,33,35H,1,7-15,19,21-22H2,2-5H3,(H,43,45)(H,46,53)(H,47,49)(H,51,52)/t25-,28-,33+,35-,42-/m1/s1. The minimum Gasteiger partial charge on any atom is -0.488 e. The van der Waals surface area contributed by atoms with Crippen LogP contribution in [0.3, 0.4) is 0 Å². The summed E-state index contributed by atoms with van der Waals surface area (Å²) in [6, 6.07) is 6.06. The largest absolute Gasteiger partial charge is 0.488 e. The Morgan fingerprint density at radius 2 is 1.75 bits per heavy atom. The van der Waals surface area contributed by atoms with Crippen molar-refractivity contribution in [2.75, 3.05) is 11.9 Å². The maximum Gasteiger partial charge on any atom is 0.408 e. The number of aliphatic carboxylic acids is 1. The fraction of sp³-hybridized carbons (Fsp3) is 0.571. The summed E-state index contributed by atoms with van der Waals surface area (Å²) in [5, 5.41) is 22.8. The quantitative estimate of drug-likeness (QED) is 0.140. The summed E-state index contributed by atoms with van der Waals surface area (Å²) in [6.07, 6.45) is 9.57. The van der Waals surface area contributed by atoms with Crippen molar-refractivity contribution in [1.82, 2.24) is 25.5 Å². The number of rotatable bonds is 12. The van der Waals surface area contributed by atoms with E-state index in [1.54, 1.807) is 0 Å². The fourth-order valence-electron chi connectivity index (χ4n) is 8.41. The number of fused-ring (bicyclic) bond motifs is 1. The molecule has 300 valence electrons. The Morgan fingerprint density at radius 3 is 2.43 bits per heavy atom. The first kappa shape index (κ1) is 39.5. The number of pyridine rings is 1. The van der Waals surface area contributed by atoms with Gasteiger partial charge in [0.05, 0.1) is 17.8 Å². The molecule has 13 nitrogen and oxygen atoms in total. The molecule has 2 aromatic heterocycles. The zero-order valence-corrected chi connectivity index (χ0v) is 33.6. The van der Waals surface area contributed by atoms with Gasteiger partial charge in [0.1, 0.15) is 41.3 Å². The lowest BCUT2D eigenvalue weighted by atomic mass is 9.85. The van der Waals surface area contributed by atoms with E-state index in [1.165, 1.54) is 35.2 Å². The number of carbonyl (C=O) groups is 4. The SMILES string of the molecule is C=C[C@@H]1C[C@]1(NC(=O)[C@@H]1C[C@@H](Oc2cc(-c3csc(NC4CCCC4)n3)nc3cc(C)ccc23)CN1C(=O)[C@@H](NC(=O)OC1CCCCC1)C(C)(C)C)C(=O)O. The van der Waals surface area contributed by atoms with Gasteiger partial charge in [-0.1, -0.05) is 52.2 Å². The Bertz CT molecular complexity index is 1980. The molecule has 3 saturated carbocycles. The van der Waals surface area contributed by atoms with Crippen LogP contribution >= 0.6 is 11.3 Å². The molecule has 3 amide bonds. The molecule has 4 N–H and O–H groups in total. The molecule has 3 aliphatic carbocycles. The fourth-order valence-corrected chi connectivity index (χ4v) is 9.19. The number of anilines is 1. The van der Waals surface area contributed by atoms with E-state index >= 15 is 0 Å². The van der Waals surface area contributed by atoms with E-state index < -0.39 is 58.9 Å². The first-order valence-electron chi connectivity index (χ1n) is 20.0. The number of alkyl carbamates (subject to hydrolysis) is 1. The van der Waals surface area contributed by atoms with Crippen molar-refractivity contribution in [3.63, 3.8) is 0 Å². The van der Waals surface area contributed by atoms with Crippen molar-refractivity contribution in [2.24, 2.45) is 11.3 Å². The molecule has 0 unspecified atom stereocenters. The average molecular weight is 787 g/mol. The Morgan fingerprint density at radius 1 is 1.02 bits per heavy atom. The number of likely N-dealkylation sites (tertiary alicyclic amines) is 1. The molecule has 4 aliphatic rings. The third-order valence-electron chi connectivity index (χ3n) is 11.7. The van der Waals surface area contributed by atoms with Gasteiger partial charge in [-0.15, -0.1) is 17.9 Å². The van der Waals surface area contributed by atoms with Crippen LogP contribution in [0.4, 0.5) is 9.93 Å². The summed E-state index contributed by atoms with van der Waals surface area (Å²) < 4.78 is 12.5. The smallest absolute Gasteiger partial charge is 0.408 e. The zero-order valence-electron chi connectivity index (χ0n) is 32.8. The molecule has 56 heavy (non-hydrogen) atoms. The molecule has 1 saturated heterocycles. The second kappa shape index (κ2) is 16.0. The van der Waals surface area contributed by atoms with Gasteiger partial charge in [-0.05, 0) is 75.0 Å². The lowest BCUT2D eigenvalue weighted by Gasteiger charge is -2.35. The normalized spacial score (nSPS) is 24.7. The monoisotopic (exact) mass is 786 g/mol. The predicted molar refractivity (Wildman–Crippen MR) is 215 cm³/mol. The van der Waals surface area contributed by atoms with Crippen LogP contribution in [0.5, 0.6) is 5.75 Å². The van der Waals surface area contributed by atoms with Crippen LogP contribution in [0.1, 0.15) is 97.0 Å². The molecule has 7 rings (SSSR count). The van der Waals surface area contributed by atoms with Crippen LogP contribution in [-0.2, 0) is 19.1 Å². The number of carbonyl (C=O) groups excluding carboxylic acids is 3. The highest BCUT2D eigenvalue weighted by molar-refractivity contribution is 7.14. The number of nitrogens with one attached hydrogen (secondary N) is 3. The molecule has 1 aliphatic heterocycles. The molecule has 5 atom stereocenters. The molecule has 14 heteroatoms. The molecule has 0 radical (unpaired) electrons. The van der Waals surface area contributed by atoms with Crippen LogP contribution in [0.15, 0.2) is 42.3 Å². The second-order valence-corrected chi connectivity index (χ2v) is 18.0. The number of aromatic nitrogens is 2. The van der Waals surface area contributed by atoms with Crippen molar-refractivity contribution >= 4 is 51.2 Å². The molecule has 4 fully saturated rings. The minimum atomic E-state index is -1.49. The number of thiazole rings is 1. The van der Waals surface area contributed by atoms with Crippen LogP contribution in [0.25, 0.3) is 22.3 Å². The van der Waals surface area contributed by atoms with Gasteiger partial charge < -0.3 is 35.4 Å². The van der Waals surface area contributed by atoms with Crippen LogP contribution in [0.2, 0.25) is 0 Å². The number of carboxylic acids is 1. The number of amides is 3. The maximum atomic E-state index is 14.6. The van der Waals surface area contributed by atoms with Gasteiger partial charge in [0, 0.05) is 35.2 Å². The highest BCUT2D eigenvalue weighted by atomic mass is 32.1. The number of benzene rings is 1. The minimum absolute atomic E-state index is 0.0188. The number of hydrogen-bond donors (Lipinski definition) is 4. The van der Waals surface area contributed by atoms with Crippen molar-refractivity contribution in [3.8, 4) is 17.1 Å². The third kappa shape index (κ3) is 8.50.